The molecule has 1 aliphatic rings. The number of nitroso groups, excluding NO2 is 1. The molecule has 188 valence electrons. The standard InChI is InChI=1S/C23H22FN5O7/c1-12(30)25-7-19(31)26-8-20(32)27-16-2-3-17-18(6-16)29(23(33)21(17)28-34)9-13-4-15(24)5-14-10-35-11-36-22(13)14/h2-6,33H,7-11H2,1H3,(H,25,30)(H,26,31)(H,27,32). The van der Waals surface area contributed by atoms with Crippen molar-refractivity contribution in [3.05, 3.63) is 52.2 Å². The van der Waals surface area contributed by atoms with Gasteiger partial charge in [-0.3, -0.25) is 14.4 Å². The third kappa shape index (κ3) is 5.25. The molecule has 1 aliphatic heterocycles. The summed E-state index contributed by atoms with van der Waals surface area (Å²) in [7, 11) is 0. The molecule has 0 atom stereocenters. The van der Waals surface area contributed by atoms with Crippen LogP contribution in [0.4, 0.5) is 15.8 Å². The van der Waals surface area contributed by atoms with Crippen LogP contribution in [0.1, 0.15) is 18.1 Å². The van der Waals surface area contributed by atoms with Crippen LogP contribution in [-0.2, 0) is 32.3 Å². The molecular formula is C23H22FN5O7. The second-order valence-electron chi connectivity index (χ2n) is 7.98. The summed E-state index contributed by atoms with van der Waals surface area (Å²) >= 11 is 0. The van der Waals surface area contributed by atoms with E-state index in [0.717, 1.165) is 0 Å². The number of aromatic hydroxyl groups is 1. The number of nitrogens with one attached hydrogen (secondary N) is 3. The van der Waals surface area contributed by atoms with Crippen molar-refractivity contribution in [1.82, 2.24) is 15.2 Å². The predicted octanol–water partition coefficient (Wildman–Crippen LogP) is 1.99. The second-order valence-corrected chi connectivity index (χ2v) is 7.98. The molecule has 12 nitrogen and oxygen atoms in total. The van der Waals surface area contributed by atoms with Crippen molar-refractivity contribution >= 4 is 40.0 Å². The van der Waals surface area contributed by atoms with E-state index in [1.807, 2.05) is 0 Å². The van der Waals surface area contributed by atoms with Crippen LogP contribution in [-0.4, -0.2) is 47.3 Å². The van der Waals surface area contributed by atoms with E-state index in [2.05, 4.69) is 21.1 Å². The molecule has 0 unspecified atom stereocenters. The number of ether oxygens (including phenoxy) is 2. The average Bonchev–Trinajstić information content (AvgIpc) is 3.11. The molecule has 13 heteroatoms. The molecule has 0 bridgehead atoms. The highest BCUT2D eigenvalue weighted by Gasteiger charge is 2.22. The van der Waals surface area contributed by atoms with Crippen LogP contribution in [0.25, 0.3) is 10.9 Å². The Morgan fingerprint density at radius 3 is 2.67 bits per heavy atom. The smallest absolute Gasteiger partial charge is 0.243 e. The molecule has 1 aromatic heterocycles. The van der Waals surface area contributed by atoms with Gasteiger partial charge in [-0.05, 0) is 35.5 Å². The molecule has 0 saturated carbocycles. The number of amides is 3. The summed E-state index contributed by atoms with van der Waals surface area (Å²) in [6, 6.07) is 7.07. The Labute approximate surface area is 203 Å². The van der Waals surface area contributed by atoms with E-state index in [-0.39, 0.29) is 44.6 Å². The Morgan fingerprint density at radius 2 is 1.92 bits per heavy atom. The number of aromatic nitrogens is 1. The quantitative estimate of drug-likeness (QED) is 0.345. The number of carbonyl (C=O) groups is 3. The van der Waals surface area contributed by atoms with Crippen molar-refractivity contribution in [1.29, 1.82) is 0 Å². The van der Waals surface area contributed by atoms with Gasteiger partial charge in [0.05, 0.1) is 31.8 Å². The Balaban J connectivity index is 1.59. The Bertz CT molecular complexity index is 1370. The number of carbonyl (C=O) groups excluding carboxylic acids is 3. The van der Waals surface area contributed by atoms with Gasteiger partial charge >= 0.3 is 0 Å². The highest BCUT2D eigenvalue weighted by Crippen LogP contribution is 2.41. The lowest BCUT2D eigenvalue weighted by Gasteiger charge is -2.21. The van der Waals surface area contributed by atoms with Gasteiger partial charge in [0.1, 0.15) is 11.6 Å². The first kappa shape index (κ1) is 24.6. The minimum Gasteiger partial charge on any atom is -0.493 e. The van der Waals surface area contributed by atoms with E-state index in [1.54, 1.807) is 0 Å². The third-order valence-electron chi connectivity index (χ3n) is 5.41. The molecule has 0 spiro atoms. The lowest BCUT2D eigenvalue weighted by Crippen LogP contribution is -2.39. The molecule has 36 heavy (non-hydrogen) atoms. The third-order valence-corrected chi connectivity index (χ3v) is 5.41. The van der Waals surface area contributed by atoms with Crippen molar-refractivity contribution in [3.8, 4) is 11.6 Å². The van der Waals surface area contributed by atoms with Gasteiger partial charge in [0.2, 0.25) is 23.6 Å². The zero-order valence-corrected chi connectivity index (χ0v) is 19.1. The lowest BCUT2D eigenvalue weighted by molar-refractivity contribution is -0.126. The largest absolute Gasteiger partial charge is 0.493 e. The normalized spacial score (nSPS) is 12.4. The van der Waals surface area contributed by atoms with Crippen molar-refractivity contribution in [3.63, 3.8) is 0 Å². The zero-order chi connectivity index (χ0) is 25.8. The number of anilines is 1. The maximum Gasteiger partial charge on any atom is 0.243 e. The van der Waals surface area contributed by atoms with Crippen LogP contribution < -0.4 is 20.7 Å². The number of hydrogen-bond donors (Lipinski definition) is 4. The topological polar surface area (TPSA) is 160 Å². The van der Waals surface area contributed by atoms with Crippen LogP contribution >= 0.6 is 0 Å². The molecule has 4 N–H and O–H groups in total. The molecule has 2 heterocycles. The summed E-state index contributed by atoms with van der Waals surface area (Å²) in [4.78, 5) is 46.3. The van der Waals surface area contributed by atoms with Gasteiger partial charge in [-0.2, -0.15) is 0 Å². The van der Waals surface area contributed by atoms with E-state index in [1.165, 1.54) is 41.8 Å². The number of halogens is 1. The number of hydrogen-bond acceptors (Lipinski definition) is 8. The highest BCUT2D eigenvalue weighted by molar-refractivity contribution is 6.00. The monoisotopic (exact) mass is 499 g/mol. The first-order chi connectivity index (χ1) is 17.3. The van der Waals surface area contributed by atoms with Crippen LogP contribution in [0.15, 0.2) is 35.5 Å². The van der Waals surface area contributed by atoms with Gasteiger partial charge < -0.3 is 35.1 Å². The molecule has 0 aliphatic carbocycles. The van der Waals surface area contributed by atoms with Crippen LogP contribution in [0.3, 0.4) is 0 Å². The number of benzene rings is 2. The molecule has 2 aromatic carbocycles. The predicted molar refractivity (Wildman–Crippen MR) is 125 cm³/mol. The molecule has 0 radical (unpaired) electrons. The second kappa shape index (κ2) is 10.4. The van der Waals surface area contributed by atoms with Gasteiger partial charge in [-0.15, -0.1) is 4.91 Å². The van der Waals surface area contributed by atoms with Crippen molar-refractivity contribution < 1.29 is 33.4 Å². The van der Waals surface area contributed by atoms with Crippen LogP contribution in [0.5, 0.6) is 11.6 Å². The van der Waals surface area contributed by atoms with E-state index in [9.17, 15) is 28.8 Å². The minimum absolute atomic E-state index is 0.0112. The minimum atomic E-state index is -0.547. The maximum atomic E-state index is 14.2. The van der Waals surface area contributed by atoms with Gasteiger partial charge in [-0.25, -0.2) is 4.39 Å². The Hall–Kier alpha value is -4.52. The van der Waals surface area contributed by atoms with Crippen molar-refractivity contribution in [2.75, 3.05) is 25.2 Å². The van der Waals surface area contributed by atoms with Gasteiger partial charge in [-0.1, -0.05) is 0 Å². The molecule has 4 rings (SSSR count). The fraction of sp³-hybridized carbons (Fsp3) is 0.261. The number of fused-ring (bicyclic) bond motifs is 2. The summed E-state index contributed by atoms with van der Waals surface area (Å²) in [6.07, 6.45) is 0. The summed E-state index contributed by atoms with van der Waals surface area (Å²) < 4.78 is 26.3. The van der Waals surface area contributed by atoms with Crippen molar-refractivity contribution in [2.24, 2.45) is 5.18 Å². The average molecular weight is 499 g/mol. The first-order valence-corrected chi connectivity index (χ1v) is 10.8. The summed E-state index contributed by atoms with van der Waals surface area (Å²) in [6.45, 7) is 0.745. The fourth-order valence-electron chi connectivity index (χ4n) is 3.84. The summed E-state index contributed by atoms with van der Waals surface area (Å²) in [5.74, 6) is -1.99. The van der Waals surface area contributed by atoms with E-state index >= 15 is 0 Å². The SMILES string of the molecule is CC(=O)NCC(=O)NCC(=O)Nc1ccc2c(N=O)c(O)n(Cc3cc(F)cc4c3OCOC4)c2c1. The summed E-state index contributed by atoms with van der Waals surface area (Å²) in [5.41, 5.74) is 1.37. The van der Waals surface area contributed by atoms with Crippen molar-refractivity contribution in [2.45, 2.75) is 20.1 Å². The van der Waals surface area contributed by atoms with E-state index in [0.29, 0.717) is 33.5 Å². The summed E-state index contributed by atoms with van der Waals surface area (Å²) in [5, 5.41) is 21.2. The Morgan fingerprint density at radius 1 is 1.14 bits per heavy atom. The Kier molecular flexibility index (Phi) is 7.10. The van der Waals surface area contributed by atoms with Gasteiger partial charge in [0, 0.05) is 29.1 Å². The van der Waals surface area contributed by atoms with E-state index in [4.69, 9.17) is 9.47 Å². The fourth-order valence-corrected chi connectivity index (χ4v) is 3.84. The number of rotatable bonds is 8. The molecule has 0 saturated heterocycles. The van der Waals surface area contributed by atoms with Crippen LogP contribution in [0.2, 0.25) is 0 Å². The highest BCUT2D eigenvalue weighted by atomic mass is 19.1. The molecular weight excluding hydrogens is 477 g/mol. The van der Waals surface area contributed by atoms with E-state index < -0.39 is 23.5 Å². The first-order valence-electron chi connectivity index (χ1n) is 10.8. The number of nitrogens with zero attached hydrogens (tertiary/aromatic N) is 2. The van der Waals surface area contributed by atoms with Crippen LogP contribution in [0, 0.1) is 10.7 Å². The van der Waals surface area contributed by atoms with Gasteiger partial charge in [0.25, 0.3) is 0 Å². The van der Waals surface area contributed by atoms with Gasteiger partial charge in [0.15, 0.2) is 12.5 Å². The molecule has 3 aromatic rings. The maximum absolute atomic E-state index is 14.2. The molecule has 0 fully saturated rings. The zero-order valence-electron chi connectivity index (χ0n) is 19.1. The molecule has 3 amide bonds. The lowest BCUT2D eigenvalue weighted by atomic mass is 10.1.